The lowest BCUT2D eigenvalue weighted by atomic mass is 10.3. The van der Waals surface area contributed by atoms with Gasteiger partial charge in [-0.05, 0) is 44.7 Å². The highest BCUT2D eigenvalue weighted by molar-refractivity contribution is 9.11. The zero-order valence-corrected chi connectivity index (χ0v) is 9.47. The Labute approximate surface area is 87.0 Å². The van der Waals surface area contributed by atoms with Gasteiger partial charge in [-0.25, -0.2) is 4.68 Å². The third kappa shape index (κ3) is 1.24. The average Bonchev–Trinajstić information content (AvgIpc) is 2.74. The molecule has 0 spiro atoms. The fraction of sp³-hybridized carbons (Fsp3) is 0.571. The van der Waals surface area contributed by atoms with Crippen LogP contribution in [0.1, 0.15) is 12.8 Å². The van der Waals surface area contributed by atoms with Crippen molar-refractivity contribution in [3.63, 3.8) is 0 Å². The summed E-state index contributed by atoms with van der Waals surface area (Å²) in [7, 11) is 0. The van der Waals surface area contributed by atoms with E-state index >= 15 is 0 Å². The van der Waals surface area contributed by atoms with Crippen molar-refractivity contribution in [3.8, 4) is 0 Å². The summed E-state index contributed by atoms with van der Waals surface area (Å²) in [6, 6.07) is 1.88. The maximum Gasteiger partial charge on any atom is 0.129 e. The van der Waals surface area contributed by atoms with Gasteiger partial charge in [0.15, 0.2) is 0 Å². The number of rotatable bonds is 2. The lowest BCUT2D eigenvalue weighted by Gasteiger charge is -2.13. The van der Waals surface area contributed by atoms with E-state index in [4.69, 9.17) is 5.11 Å². The largest absolute Gasteiger partial charge is 0.394 e. The van der Waals surface area contributed by atoms with E-state index in [1.807, 2.05) is 10.7 Å². The number of aliphatic hydroxyl groups excluding tert-OH is 1. The van der Waals surface area contributed by atoms with Gasteiger partial charge in [-0.15, -0.1) is 0 Å². The minimum absolute atomic E-state index is 0.120. The first-order valence-corrected chi connectivity index (χ1v) is 5.29. The molecule has 1 saturated carbocycles. The topological polar surface area (TPSA) is 38.0 Å². The molecule has 0 saturated heterocycles. The molecule has 0 radical (unpaired) electrons. The average molecular weight is 296 g/mol. The van der Waals surface area contributed by atoms with E-state index < -0.39 is 0 Å². The van der Waals surface area contributed by atoms with Gasteiger partial charge in [0.1, 0.15) is 9.21 Å². The van der Waals surface area contributed by atoms with Crippen LogP contribution in [0.2, 0.25) is 0 Å². The Kier molecular flexibility index (Phi) is 2.05. The van der Waals surface area contributed by atoms with E-state index in [-0.39, 0.29) is 12.1 Å². The van der Waals surface area contributed by atoms with E-state index in [1.165, 1.54) is 0 Å². The van der Waals surface area contributed by atoms with Crippen molar-refractivity contribution in [2.24, 2.45) is 0 Å². The van der Waals surface area contributed by atoms with Gasteiger partial charge in [-0.2, -0.15) is 5.10 Å². The molecule has 1 fully saturated rings. The van der Waals surface area contributed by atoms with Crippen molar-refractivity contribution in [2.45, 2.75) is 18.4 Å². The molecule has 12 heavy (non-hydrogen) atoms. The molecular weight excluding hydrogens is 288 g/mol. The zero-order chi connectivity index (χ0) is 8.77. The summed E-state index contributed by atoms with van der Waals surface area (Å²) in [5, 5.41) is 13.4. The molecule has 1 aromatic rings. The van der Waals surface area contributed by atoms with E-state index in [1.54, 1.807) is 0 Å². The molecule has 0 unspecified atom stereocenters. The Hall–Kier alpha value is 0.130. The second kappa shape index (κ2) is 2.82. The fourth-order valence-electron chi connectivity index (χ4n) is 1.25. The van der Waals surface area contributed by atoms with Crippen LogP contribution in [0.25, 0.3) is 0 Å². The molecule has 3 nitrogen and oxygen atoms in total. The Morgan fingerprint density at radius 1 is 1.58 bits per heavy atom. The van der Waals surface area contributed by atoms with Gasteiger partial charge < -0.3 is 5.11 Å². The van der Waals surface area contributed by atoms with Gasteiger partial charge in [-0.3, -0.25) is 0 Å². The second-order valence-electron chi connectivity index (χ2n) is 3.08. The number of nitrogens with zero attached hydrogens (tertiary/aromatic N) is 2. The summed E-state index contributed by atoms with van der Waals surface area (Å²) in [6.45, 7) is 0.166. The summed E-state index contributed by atoms with van der Waals surface area (Å²) in [6.07, 6.45) is 2.02. The molecule has 66 valence electrons. The second-order valence-corrected chi connectivity index (χ2v) is 4.71. The molecular formula is C7H8Br2N2O. The van der Waals surface area contributed by atoms with E-state index in [0.29, 0.717) is 0 Å². The highest BCUT2D eigenvalue weighted by Crippen LogP contribution is 2.44. The Morgan fingerprint density at radius 3 is 2.58 bits per heavy atom. The minimum Gasteiger partial charge on any atom is -0.394 e. The highest BCUT2D eigenvalue weighted by atomic mass is 79.9. The van der Waals surface area contributed by atoms with E-state index in [0.717, 1.165) is 22.0 Å². The third-order valence-corrected chi connectivity index (χ3v) is 3.16. The van der Waals surface area contributed by atoms with Gasteiger partial charge in [0.05, 0.1) is 12.1 Å². The molecule has 0 atom stereocenters. The molecule has 1 aliphatic rings. The summed E-state index contributed by atoms with van der Waals surface area (Å²) in [5.74, 6) is 0. The number of hydrogen-bond acceptors (Lipinski definition) is 2. The molecule has 0 amide bonds. The summed E-state index contributed by atoms with van der Waals surface area (Å²) < 4.78 is 3.56. The first-order chi connectivity index (χ1) is 5.68. The first kappa shape index (κ1) is 8.72. The smallest absolute Gasteiger partial charge is 0.129 e. The molecule has 0 aliphatic heterocycles. The molecule has 1 heterocycles. The Balaban J connectivity index is 2.39. The Bertz CT molecular complexity index is 306. The van der Waals surface area contributed by atoms with Crippen LogP contribution in [-0.4, -0.2) is 21.5 Å². The minimum atomic E-state index is -0.120. The number of aromatic nitrogens is 2. The quantitative estimate of drug-likeness (QED) is 0.905. The van der Waals surface area contributed by atoms with Crippen molar-refractivity contribution in [2.75, 3.05) is 6.61 Å². The summed E-state index contributed by atoms with van der Waals surface area (Å²) in [5.41, 5.74) is -0.120. The van der Waals surface area contributed by atoms with Crippen LogP contribution in [0.4, 0.5) is 0 Å². The van der Waals surface area contributed by atoms with Gasteiger partial charge in [0, 0.05) is 6.07 Å². The maximum atomic E-state index is 9.15. The van der Waals surface area contributed by atoms with E-state index in [2.05, 4.69) is 37.0 Å². The lowest BCUT2D eigenvalue weighted by molar-refractivity contribution is 0.200. The molecule has 1 aliphatic carbocycles. The van der Waals surface area contributed by atoms with Crippen LogP contribution in [0.15, 0.2) is 15.3 Å². The van der Waals surface area contributed by atoms with Crippen molar-refractivity contribution < 1.29 is 5.11 Å². The number of halogens is 2. The standard InChI is InChI=1S/C7H8Br2N2O/c8-5-3-6(9)11(10-5)7(4-12)1-2-7/h3,12H,1-2,4H2. The molecule has 5 heteroatoms. The van der Waals surface area contributed by atoms with Crippen LogP contribution < -0.4 is 0 Å². The van der Waals surface area contributed by atoms with Crippen LogP contribution in [0, 0.1) is 0 Å². The molecule has 2 rings (SSSR count). The third-order valence-electron chi connectivity index (χ3n) is 2.21. The van der Waals surface area contributed by atoms with E-state index in [9.17, 15) is 0 Å². The van der Waals surface area contributed by atoms with Gasteiger partial charge in [0.25, 0.3) is 0 Å². The normalized spacial score (nSPS) is 19.6. The predicted octanol–water partition coefficient (Wildman–Crippen LogP) is 1.89. The van der Waals surface area contributed by atoms with Crippen molar-refractivity contribution in [3.05, 3.63) is 15.3 Å². The van der Waals surface area contributed by atoms with Crippen LogP contribution in [0.5, 0.6) is 0 Å². The number of hydrogen-bond donors (Lipinski definition) is 1. The zero-order valence-electron chi connectivity index (χ0n) is 6.30. The lowest BCUT2D eigenvalue weighted by Crippen LogP contribution is -2.22. The molecule has 1 N–H and O–H groups in total. The van der Waals surface area contributed by atoms with Crippen LogP contribution in [-0.2, 0) is 5.54 Å². The monoisotopic (exact) mass is 294 g/mol. The summed E-state index contributed by atoms with van der Waals surface area (Å²) in [4.78, 5) is 0. The fourth-order valence-corrected chi connectivity index (χ4v) is 2.60. The van der Waals surface area contributed by atoms with Crippen molar-refractivity contribution in [1.82, 2.24) is 9.78 Å². The van der Waals surface area contributed by atoms with Crippen LogP contribution in [0.3, 0.4) is 0 Å². The van der Waals surface area contributed by atoms with Gasteiger partial charge in [0.2, 0.25) is 0 Å². The SMILES string of the molecule is OCC1(n2nc(Br)cc2Br)CC1. The van der Waals surface area contributed by atoms with Gasteiger partial charge >= 0.3 is 0 Å². The maximum absolute atomic E-state index is 9.15. The van der Waals surface area contributed by atoms with Crippen LogP contribution >= 0.6 is 31.9 Å². The first-order valence-electron chi connectivity index (χ1n) is 3.70. The Morgan fingerprint density at radius 2 is 2.25 bits per heavy atom. The predicted molar refractivity (Wildman–Crippen MR) is 51.9 cm³/mol. The molecule has 0 aromatic carbocycles. The highest BCUT2D eigenvalue weighted by Gasteiger charge is 2.46. The van der Waals surface area contributed by atoms with Crippen molar-refractivity contribution in [1.29, 1.82) is 0 Å². The summed E-state index contributed by atoms with van der Waals surface area (Å²) >= 11 is 6.68. The molecule has 0 bridgehead atoms. The number of aliphatic hydroxyl groups is 1. The van der Waals surface area contributed by atoms with Crippen molar-refractivity contribution >= 4 is 31.9 Å². The van der Waals surface area contributed by atoms with Gasteiger partial charge in [-0.1, -0.05) is 0 Å². The molecule has 1 aromatic heterocycles.